The molecule has 2 rings (SSSR count). The predicted molar refractivity (Wildman–Crippen MR) is 78.1 cm³/mol. The van der Waals surface area contributed by atoms with Crippen LogP contribution in [0.4, 0.5) is 0 Å². The van der Waals surface area contributed by atoms with Gasteiger partial charge >= 0.3 is 0 Å². The first-order valence-electron chi connectivity index (χ1n) is 6.61. The maximum Gasteiger partial charge on any atom is 0.0923 e. The fourth-order valence-corrected chi connectivity index (χ4v) is 1.94. The van der Waals surface area contributed by atoms with Crippen LogP contribution in [-0.4, -0.2) is 16.9 Å². The molecule has 3 nitrogen and oxygen atoms in total. The molecule has 1 atom stereocenters. The lowest BCUT2D eigenvalue weighted by molar-refractivity contribution is 0.119. The Morgan fingerprint density at radius 1 is 1.21 bits per heavy atom. The molecule has 0 N–H and O–H groups in total. The number of methoxy groups -OCH3 is 1. The van der Waals surface area contributed by atoms with Crippen LogP contribution in [-0.2, 0) is 10.3 Å². The summed E-state index contributed by atoms with van der Waals surface area (Å²) in [5, 5.41) is 4.65. The van der Waals surface area contributed by atoms with Gasteiger partial charge in [0.05, 0.1) is 17.3 Å². The summed E-state index contributed by atoms with van der Waals surface area (Å²) in [7, 11) is 1.73. The topological polar surface area (TPSA) is 27.1 Å². The Morgan fingerprint density at radius 2 is 1.95 bits per heavy atom. The zero-order valence-electron chi connectivity index (χ0n) is 12.3. The number of aromatic nitrogens is 2. The van der Waals surface area contributed by atoms with Crippen LogP contribution in [0.25, 0.3) is 11.3 Å². The minimum absolute atomic E-state index is 0.00960. The Morgan fingerprint density at radius 3 is 2.53 bits per heavy atom. The first-order valence-corrected chi connectivity index (χ1v) is 6.61. The lowest BCUT2D eigenvalue weighted by Crippen LogP contribution is -2.22. The van der Waals surface area contributed by atoms with Crippen molar-refractivity contribution < 1.29 is 4.74 Å². The average Bonchev–Trinajstić information content (AvgIpc) is 2.87. The quantitative estimate of drug-likeness (QED) is 0.831. The molecule has 0 fully saturated rings. The van der Waals surface area contributed by atoms with Crippen LogP contribution in [0.5, 0.6) is 0 Å². The smallest absolute Gasteiger partial charge is 0.0923 e. The van der Waals surface area contributed by atoms with E-state index in [1.54, 1.807) is 7.11 Å². The van der Waals surface area contributed by atoms with Gasteiger partial charge in [0.15, 0.2) is 0 Å². The molecular formula is C16H22N2O. The summed E-state index contributed by atoms with van der Waals surface area (Å²) >= 11 is 0. The van der Waals surface area contributed by atoms with Crippen LogP contribution >= 0.6 is 0 Å². The highest BCUT2D eigenvalue weighted by molar-refractivity contribution is 5.59. The van der Waals surface area contributed by atoms with E-state index in [0.717, 1.165) is 11.3 Å². The second kappa shape index (κ2) is 5.17. The molecule has 1 aromatic carbocycles. The minimum Gasteiger partial charge on any atom is -0.377 e. The van der Waals surface area contributed by atoms with Gasteiger partial charge in [0.2, 0.25) is 0 Å². The van der Waals surface area contributed by atoms with Gasteiger partial charge in [-0.1, -0.05) is 18.2 Å². The molecule has 0 spiro atoms. The Balaban J connectivity index is 2.34. The first-order chi connectivity index (χ1) is 8.91. The van der Waals surface area contributed by atoms with Crippen LogP contribution in [0.15, 0.2) is 36.5 Å². The summed E-state index contributed by atoms with van der Waals surface area (Å²) < 4.78 is 7.36. The van der Waals surface area contributed by atoms with Crippen molar-refractivity contribution in [3.63, 3.8) is 0 Å². The molecule has 19 heavy (non-hydrogen) atoms. The molecule has 0 aliphatic heterocycles. The van der Waals surface area contributed by atoms with Crippen molar-refractivity contribution in [2.45, 2.75) is 39.3 Å². The number of ether oxygens (including phenoxy) is 1. The molecule has 0 unspecified atom stereocenters. The van der Waals surface area contributed by atoms with Crippen LogP contribution in [0.1, 0.15) is 39.4 Å². The highest BCUT2D eigenvalue weighted by atomic mass is 16.5. The van der Waals surface area contributed by atoms with E-state index in [4.69, 9.17) is 4.74 Å². The van der Waals surface area contributed by atoms with Gasteiger partial charge in [-0.3, -0.25) is 4.68 Å². The average molecular weight is 258 g/mol. The minimum atomic E-state index is 0.00960. The summed E-state index contributed by atoms with van der Waals surface area (Å²) in [6, 6.07) is 10.4. The van der Waals surface area contributed by atoms with Gasteiger partial charge in [0.25, 0.3) is 0 Å². The SMILES string of the molecule is CO[C@@H](C)c1cccc(-c2ccn(C(C)(C)C)n2)c1. The van der Waals surface area contributed by atoms with E-state index >= 15 is 0 Å². The molecule has 0 bridgehead atoms. The molecule has 0 aliphatic carbocycles. The molecule has 1 aromatic heterocycles. The third-order valence-corrected chi connectivity index (χ3v) is 3.28. The zero-order chi connectivity index (χ0) is 14.0. The predicted octanol–water partition coefficient (Wildman–Crippen LogP) is 4.01. The molecule has 1 heterocycles. The third-order valence-electron chi connectivity index (χ3n) is 3.28. The summed E-state index contributed by atoms with van der Waals surface area (Å²) in [5.41, 5.74) is 3.31. The van der Waals surface area contributed by atoms with Gasteiger partial charge in [0, 0.05) is 18.9 Å². The Bertz CT molecular complexity index is 552. The third kappa shape index (κ3) is 3.04. The van der Waals surface area contributed by atoms with Crippen molar-refractivity contribution >= 4 is 0 Å². The lowest BCUT2D eigenvalue weighted by atomic mass is 10.1. The second-order valence-corrected chi connectivity index (χ2v) is 5.82. The fourth-order valence-electron chi connectivity index (χ4n) is 1.94. The molecular weight excluding hydrogens is 236 g/mol. The van der Waals surface area contributed by atoms with Crippen LogP contribution < -0.4 is 0 Å². The normalized spacial score (nSPS) is 13.5. The molecule has 0 radical (unpaired) electrons. The molecule has 0 amide bonds. The van der Waals surface area contributed by atoms with Crippen molar-refractivity contribution in [1.82, 2.24) is 9.78 Å². The van der Waals surface area contributed by atoms with Crippen LogP contribution in [0.3, 0.4) is 0 Å². The molecule has 0 saturated heterocycles. The number of rotatable bonds is 3. The first kappa shape index (κ1) is 13.8. The van der Waals surface area contributed by atoms with Crippen molar-refractivity contribution in [1.29, 1.82) is 0 Å². The van der Waals surface area contributed by atoms with Crippen molar-refractivity contribution in [3.05, 3.63) is 42.1 Å². The largest absolute Gasteiger partial charge is 0.377 e. The highest BCUT2D eigenvalue weighted by Crippen LogP contribution is 2.24. The van der Waals surface area contributed by atoms with Gasteiger partial charge in [-0.25, -0.2) is 0 Å². The van der Waals surface area contributed by atoms with Crippen molar-refractivity contribution in [2.75, 3.05) is 7.11 Å². The van der Waals surface area contributed by atoms with Crippen LogP contribution in [0.2, 0.25) is 0 Å². The molecule has 2 aromatic rings. The van der Waals surface area contributed by atoms with Gasteiger partial charge in [-0.05, 0) is 45.4 Å². The van der Waals surface area contributed by atoms with E-state index < -0.39 is 0 Å². The number of benzene rings is 1. The number of nitrogens with zero attached hydrogens (tertiary/aromatic N) is 2. The molecule has 3 heteroatoms. The summed E-state index contributed by atoms with van der Waals surface area (Å²) in [5.74, 6) is 0. The van der Waals surface area contributed by atoms with E-state index in [1.807, 2.05) is 17.8 Å². The Labute approximate surface area is 115 Å². The van der Waals surface area contributed by atoms with E-state index in [-0.39, 0.29) is 11.6 Å². The standard InChI is InChI=1S/C16H22N2O/c1-12(19-5)13-7-6-8-14(11-13)15-9-10-18(17-15)16(2,3)4/h6-12H,1-5H3/t12-/m0/s1. The lowest BCUT2D eigenvalue weighted by Gasteiger charge is -2.18. The van der Waals surface area contributed by atoms with Crippen molar-refractivity contribution in [2.24, 2.45) is 0 Å². The van der Waals surface area contributed by atoms with Crippen molar-refractivity contribution in [3.8, 4) is 11.3 Å². The number of hydrogen-bond acceptors (Lipinski definition) is 2. The number of hydrogen-bond donors (Lipinski definition) is 0. The van der Waals surface area contributed by atoms with Crippen LogP contribution in [0, 0.1) is 0 Å². The fraction of sp³-hybridized carbons (Fsp3) is 0.438. The summed E-state index contributed by atoms with van der Waals surface area (Å²) in [6.07, 6.45) is 2.13. The highest BCUT2D eigenvalue weighted by Gasteiger charge is 2.15. The molecule has 0 aliphatic rings. The molecule has 0 saturated carbocycles. The summed E-state index contributed by atoms with van der Waals surface area (Å²) in [4.78, 5) is 0. The zero-order valence-corrected chi connectivity index (χ0v) is 12.3. The second-order valence-electron chi connectivity index (χ2n) is 5.82. The maximum atomic E-state index is 5.36. The maximum absolute atomic E-state index is 5.36. The van der Waals surface area contributed by atoms with Gasteiger partial charge in [0.1, 0.15) is 0 Å². The van der Waals surface area contributed by atoms with Gasteiger partial charge in [-0.15, -0.1) is 0 Å². The monoisotopic (exact) mass is 258 g/mol. The Hall–Kier alpha value is -1.61. The molecule has 102 valence electrons. The van der Waals surface area contributed by atoms with Gasteiger partial charge < -0.3 is 4.74 Å². The van der Waals surface area contributed by atoms with Gasteiger partial charge in [-0.2, -0.15) is 5.10 Å². The van der Waals surface area contributed by atoms with E-state index in [0.29, 0.717) is 0 Å². The van der Waals surface area contributed by atoms with E-state index in [1.165, 1.54) is 5.56 Å². The van der Waals surface area contributed by atoms with E-state index in [2.05, 4.69) is 56.2 Å². The Kier molecular flexibility index (Phi) is 3.76. The van der Waals surface area contributed by atoms with E-state index in [9.17, 15) is 0 Å². The summed E-state index contributed by atoms with van der Waals surface area (Å²) in [6.45, 7) is 8.49.